The van der Waals surface area contributed by atoms with Crippen molar-refractivity contribution in [2.45, 2.75) is 32.4 Å². The molecule has 0 atom stereocenters. The average Bonchev–Trinajstić information content (AvgIpc) is 3.06. The van der Waals surface area contributed by atoms with E-state index in [1.165, 1.54) is 7.11 Å². The SMILES string of the molecule is CCn1cc(NC(=S)NC2CC2)c(C(=O)OC)n1. The van der Waals surface area contributed by atoms with Gasteiger partial charge in [-0.25, -0.2) is 4.79 Å². The summed E-state index contributed by atoms with van der Waals surface area (Å²) < 4.78 is 6.35. The monoisotopic (exact) mass is 268 g/mol. The Labute approximate surface area is 111 Å². The third kappa shape index (κ3) is 2.98. The highest BCUT2D eigenvalue weighted by Crippen LogP contribution is 2.20. The van der Waals surface area contributed by atoms with Gasteiger partial charge in [-0.2, -0.15) is 5.10 Å². The largest absolute Gasteiger partial charge is 0.464 e. The summed E-state index contributed by atoms with van der Waals surface area (Å²) in [5.41, 5.74) is 0.821. The van der Waals surface area contributed by atoms with Crippen LogP contribution in [0.2, 0.25) is 0 Å². The van der Waals surface area contributed by atoms with E-state index in [1.54, 1.807) is 10.9 Å². The maximum absolute atomic E-state index is 11.6. The lowest BCUT2D eigenvalue weighted by molar-refractivity contribution is 0.0594. The Kier molecular flexibility index (Phi) is 3.81. The minimum atomic E-state index is -0.473. The third-order valence-corrected chi connectivity index (χ3v) is 2.85. The summed E-state index contributed by atoms with van der Waals surface area (Å²) in [5.74, 6) is -0.473. The first-order valence-corrected chi connectivity index (χ1v) is 6.28. The van der Waals surface area contributed by atoms with Crippen molar-refractivity contribution in [3.8, 4) is 0 Å². The molecule has 0 aromatic carbocycles. The number of esters is 1. The number of methoxy groups -OCH3 is 1. The molecular formula is C11H16N4O2S. The molecule has 0 unspecified atom stereocenters. The van der Waals surface area contributed by atoms with Crippen LogP contribution < -0.4 is 10.6 Å². The van der Waals surface area contributed by atoms with E-state index in [9.17, 15) is 4.79 Å². The molecule has 0 bridgehead atoms. The van der Waals surface area contributed by atoms with E-state index < -0.39 is 5.97 Å². The van der Waals surface area contributed by atoms with Gasteiger partial charge in [0.15, 0.2) is 10.8 Å². The number of aromatic nitrogens is 2. The van der Waals surface area contributed by atoms with Gasteiger partial charge >= 0.3 is 5.97 Å². The minimum absolute atomic E-state index is 0.249. The van der Waals surface area contributed by atoms with Crippen LogP contribution in [-0.2, 0) is 11.3 Å². The Morgan fingerprint density at radius 1 is 1.67 bits per heavy atom. The van der Waals surface area contributed by atoms with E-state index >= 15 is 0 Å². The highest BCUT2D eigenvalue weighted by atomic mass is 32.1. The van der Waals surface area contributed by atoms with Crippen LogP contribution in [0, 0.1) is 0 Å². The average molecular weight is 268 g/mol. The van der Waals surface area contributed by atoms with Gasteiger partial charge in [-0.3, -0.25) is 4.68 Å². The molecule has 0 spiro atoms. The maximum Gasteiger partial charge on any atom is 0.360 e. The Balaban J connectivity index is 2.11. The van der Waals surface area contributed by atoms with Crippen LogP contribution in [0.3, 0.4) is 0 Å². The predicted octanol–water partition coefficient (Wildman–Crippen LogP) is 1.14. The van der Waals surface area contributed by atoms with Crippen molar-refractivity contribution in [1.29, 1.82) is 0 Å². The third-order valence-electron chi connectivity index (χ3n) is 2.63. The van der Waals surface area contributed by atoms with Crippen molar-refractivity contribution in [2.24, 2.45) is 0 Å². The van der Waals surface area contributed by atoms with Gasteiger partial charge < -0.3 is 15.4 Å². The topological polar surface area (TPSA) is 68.2 Å². The van der Waals surface area contributed by atoms with Crippen LogP contribution >= 0.6 is 12.2 Å². The number of nitrogens with zero attached hydrogens (tertiary/aromatic N) is 2. The van der Waals surface area contributed by atoms with Crippen molar-refractivity contribution in [1.82, 2.24) is 15.1 Å². The summed E-state index contributed by atoms with van der Waals surface area (Å²) in [4.78, 5) is 11.6. The molecule has 0 amide bonds. The molecule has 1 saturated carbocycles. The number of anilines is 1. The molecule has 6 nitrogen and oxygen atoms in total. The first-order chi connectivity index (χ1) is 8.63. The van der Waals surface area contributed by atoms with E-state index in [0.29, 0.717) is 23.4 Å². The van der Waals surface area contributed by atoms with Gasteiger partial charge in [0.2, 0.25) is 0 Å². The van der Waals surface area contributed by atoms with Crippen LogP contribution in [-0.4, -0.2) is 34.0 Å². The number of hydrogen-bond acceptors (Lipinski definition) is 4. The molecular weight excluding hydrogens is 252 g/mol. The number of carbonyl (C=O) groups excluding carboxylic acids is 1. The minimum Gasteiger partial charge on any atom is -0.464 e. The maximum atomic E-state index is 11.6. The highest BCUT2D eigenvalue weighted by molar-refractivity contribution is 7.80. The van der Waals surface area contributed by atoms with Crippen molar-refractivity contribution in [2.75, 3.05) is 12.4 Å². The summed E-state index contributed by atoms with van der Waals surface area (Å²) in [6, 6.07) is 0.466. The van der Waals surface area contributed by atoms with E-state index in [4.69, 9.17) is 17.0 Å². The number of hydrogen-bond donors (Lipinski definition) is 2. The summed E-state index contributed by atoms with van der Waals surface area (Å²) in [6.45, 7) is 2.62. The highest BCUT2D eigenvalue weighted by Gasteiger charge is 2.23. The zero-order valence-electron chi connectivity index (χ0n) is 10.4. The number of ether oxygens (including phenoxy) is 1. The fourth-order valence-electron chi connectivity index (χ4n) is 1.49. The van der Waals surface area contributed by atoms with Gasteiger partial charge in [-0.1, -0.05) is 0 Å². The second-order valence-corrected chi connectivity index (χ2v) is 4.52. The second kappa shape index (κ2) is 5.34. The number of nitrogens with one attached hydrogen (secondary N) is 2. The first kappa shape index (κ1) is 12.8. The molecule has 1 fully saturated rings. The second-order valence-electron chi connectivity index (χ2n) is 4.11. The van der Waals surface area contributed by atoms with Crippen LogP contribution in [0.5, 0.6) is 0 Å². The lowest BCUT2D eigenvalue weighted by atomic mass is 10.4. The number of carbonyl (C=O) groups is 1. The number of thiocarbonyl (C=S) groups is 1. The Morgan fingerprint density at radius 2 is 2.39 bits per heavy atom. The van der Waals surface area contributed by atoms with Crippen LogP contribution in [0.1, 0.15) is 30.3 Å². The summed E-state index contributed by atoms with van der Waals surface area (Å²) in [7, 11) is 1.33. The fourth-order valence-corrected chi connectivity index (χ4v) is 1.77. The van der Waals surface area contributed by atoms with E-state index in [1.807, 2.05) is 6.92 Å². The molecule has 7 heteroatoms. The van der Waals surface area contributed by atoms with E-state index in [0.717, 1.165) is 12.8 Å². The van der Waals surface area contributed by atoms with Gasteiger partial charge in [0, 0.05) is 18.8 Å². The number of aryl methyl sites for hydroxylation is 1. The molecule has 1 heterocycles. The van der Waals surface area contributed by atoms with Crippen LogP contribution in [0.15, 0.2) is 6.20 Å². The standard InChI is InChI=1S/C11H16N4O2S/c1-3-15-6-8(9(14-15)10(16)17-2)13-11(18)12-7-4-5-7/h6-7H,3-5H2,1-2H3,(H2,12,13,18). The lowest BCUT2D eigenvalue weighted by Gasteiger charge is -2.08. The van der Waals surface area contributed by atoms with Crippen molar-refractivity contribution in [3.63, 3.8) is 0 Å². The molecule has 0 aliphatic heterocycles. The number of rotatable bonds is 4. The Morgan fingerprint density at radius 3 is 2.94 bits per heavy atom. The lowest BCUT2D eigenvalue weighted by Crippen LogP contribution is -2.30. The summed E-state index contributed by atoms with van der Waals surface area (Å²) in [6.07, 6.45) is 4.02. The fraction of sp³-hybridized carbons (Fsp3) is 0.545. The van der Waals surface area contributed by atoms with E-state index in [2.05, 4.69) is 15.7 Å². The van der Waals surface area contributed by atoms with Crippen molar-refractivity contribution < 1.29 is 9.53 Å². The molecule has 1 aromatic rings. The zero-order chi connectivity index (χ0) is 13.1. The van der Waals surface area contributed by atoms with Gasteiger partial charge in [0.05, 0.1) is 12.8 Å². The van der Waals surface area contributed by atoms with Crippen molar-refractivity contribution in [3.05, 3.63) is 11.9 Å². The normalized spacial score (nSPS) is 14.1. The van der Waals surface area contributed by atoms with Gasteiger partial charge in [-0.05, 0) is 32.0 Å². The Bertz CT molecular complexity index is 468. The molecule has 0 saturated heterocycles. The molecule has 1 aliphatic carbocycles. The van der Waals surface area contributed by atoms with Crippen LogP contribution in [0.4, 0.5) is 5.69 Å². The van der Waals surface area contributed by atoms with Gasteiger partial charge in [0.25, 0.3) is 0 Å². The van der Waals surface area contributed by atoms with Gasteiger partial charge in [-0.15, -0.1) is 0 Å². The molecule has 1 aliphatic rings. The van der Waals surface area contributed by atoms with Gasteiger partial charge in [0.1, 0.15) is 0 Å². The molecule has 0 radical (unpaired) electrons. The predicted molar refractivity (Wildman–Crippen MR) is 71.6 cm³/mol. The molecule has 2 rings (SSSR count). The molecule has 2 N–H and O–H groups in total. The molecule has 18 heavy (non-hydrogen) atoms. The summed E-state index contributed by atoms with van der Waals surface area (Å²) in [5, 5.41) is 10.8. The molecule has 1 aromatic heterocycles. The smallest absolute Gasteiger partial charge is 0.360 e. The van der Waals surface area contributed by atoms with Crippen LogP contribution in [0.25, 0.3) is 0 Å². The van der Waals surface area contributed by atoms with E-state index in [-0.39, 0.29) is 5.69 Å². The Hall–Kier alpha value is -1.63. The summed E-state index contributed by atoms with van der Waals surface area (Å²) >= 11 is 5.17. The quantitative estimate of drug-likeness (QED) is 0.630. The first-order valence-electron chi connectivity index (χ1n) is 5.87. The molecule has 98 valence electrons. The van der Waals surface area contributed by atoms with Crippen molar-refractivity contribution >= 4 is 29.0 Å². The zero-order valence-corrected chi connectivity index (χ0v) is 11.2.